The maximum Gasteiger partial charge on any atom is 0.135 e. The molecular formula is C2H7OP. The predicted octanol–water partition coefficient (Wildman–Crippen LogP) is 0.688. The Morgan fingerprint density at radius 2 is 1.75 bits per heavy atom. The molecule has 0 aromatic heterocycles. The lowest BCUT2D eigenvalue weighted by Crippen LogP contribution is -1.22. The van der Waals surface area contributed by atoms with Gasteiger partial charge in [0.25, 0.3) is 0 Å². The fourth-order valence-electron chi connectivity index (χ4n) is 0. The molecule has 0 bridgehead atoms. The molecule has 0 rings (SSSR count). The summed E-state index contributed by atoms with van der Waals surface area (Å²) in [6.07, 6.45) is 0. The Kier molecular flexibility index (Phi) is 25.2. The Morgan fingerprint density at radius 3 is 1.75 bits per heavy atom. The fraction of sp³-hybridized carbons (Fsp3) is 0.500. The van der Waals surface area contributed by atoms with Crippen molar-refractivity contribution < 1.29 is 4.79 Å². The lowest BCUT2D eigenvalue weighted by molar-refractivity contribution is 0.570. The summed E-state index contributed by atoms with van der Waals surface area (Å²) in [4.78, 5) is 8.77. The van der Waals surface area contributed by atoms with Crippen LogP contribution in [0.4, 0.5) is 0 Å². The van der Waals surface area contributed by atoms with Crippen molar-refractivity contribution in [1.82, 2.24) is 0 Å². The van der Waals surface area contributed by atoms with Gasteiger partial charge < -0.3 is 0 Å². The number of hydrogen-bond donors (Lipinski definition) is 0. The molecule has 0 amide bonds. The van der Waals surface area contributed by atoms with E-state index in [-0.39, 0.29) is 7.43 Å². The summed E-state index contributed by atoms with van der Waals surface area (Å²) in [5.74, 6) is 0. The van der Waals surface area contributed by atoms with E-state index in [1.54, 1.807) is 0 Å². The Hall–Kier alpha value is 0.100. The van der Waals surface area contributed by atoms with Gasteiger partial charge in [0.2, 0.25) is 0 Å². The quantitative estimate of drug-likeness (QED) is 0.307. The number of carbonyl (C=O) groups is 1. The molecule has 0 aliphatic rings. The highest BCUT2D eigenvalue weighted by atomic mass is 31.0. The zero-order valence-corrected chi connectivity index (χ0v) is 2.72. The molecule has 0 radical (unpaired) electrons. The summed E-state index contributed by atoms with van der Waals surface area (Å²) in [6, 6.07) is 0.667. The molecule has 0 N–H and O–H groups in total. The SMILES string of the molecule is C.O=CP. The van der Waals surface area contributed by atoms with Crippen molar-refractivity contribution >= 4 is 15.3 Å². The maximum atomic E-state index is 8.77. The van der Waals surface area contributed by atoms with Crippen LogP contribution in [0.1, 0.15) is 7.43 Å². The molecule has 0 aliphatic carbocycles. The molecule has 0 aliphatic heterocycles. The lowest BCUT2D eigenvalue weighted by atomic mass is 11.8. The van der Waals surface area contributed by atoms with E-state index in [9.17, 15) is 0 Å². The molecule has 0 fully saturated rings. The Labute approximate surface area is 28.6 Å². The van der Waals surface area contributed by atoms with E-state index in [1.807, 2.05) is 9.24 Å². The van der Waals surface area contributed by atoms with Gasteiger partial charge in [-0.3, -0.25) is 4.79 Å². The molecule has 0 saturated carbocycles. The van der Waals surface area contributed by atoms with E-state index in [1.165, 1.54) is 0 Å². The van der Waals surface area contributed by atoms with Crippen molar-refractivity contribution in [3.63, 3.8) is 0 Å². The second kappa shape index (κ2) is 11.3. The first-order valence-electron chi connectivity index (χ1n) is 0.569. The molecule has 0 aromatic rings. The minimum atomic E-state index is 0. The zero-order chi connectivity index (χ0) is 2.71. The summed E-state index contributed by atoms with van der Waals surface area (Å²) in [5, 5.41) is 0. The number of hydrogen-bond acceptors (Lipinski definition) is 1. The van der Waals surface area contributed by atoms with Gasteiger partial charge in [-0.05, 0) is 0 Å². The van der Waals surface area contributed by atoms with Crippen LogP contribution in [0, 0.1) is 0 Å². The zero-order valence-electron chi connectivity index (χ0n) is 1.56. The number of carbonyl (C=O) groups excluding carboxylic acids is 1. The molecule has 26 valence electrons. The van der Waals surface area contributed by atoms with Crippen molar-refractivity contribution in [3.8, 4) is 0 Å². The van der Waals surface area contributed by atoms with E-state index in [0.717, 1.165) is 0 Å². The van der Waals surface area contributed by atoms with Gasteiger partial charge in [-0.1, -0.05) is 16.7 Å². The molecule has 0 spiro atoms. The molecule has 0 aromatic carbocycles. The van der Waals surface area contributed by atoms with Gasteiger partial charge in [0.15, 0.2) is 0 Å². The van der Waals surface area contributed by atoms with Crippen LogP contribution in [0.25, 0.3) is 0 Å². The van der Waals surface area contributed by atoms with Gasteiger partial charge in [0, 0.05) is 0 Å². The topological polar surface area (TPSA) is 17.1 Å². The van der Waals surface area contributed by atoms with Crippen molar-refractivity contribution in [2.75, 3.05) is 0 Å². The van der Waals surface area contributed by atoms with Gasteiger partial charge in [-0.15, -0.1) is 0 Å². The van der Waals surface area contributed by atoms with Crippen molar-refractivity contribution in [3.05, 3.63) is 0 Å². The van der Waals surface area contributed by atoms with Gasteiger partial charge in [-0.2, -0.15) is 0 Å². The second-order valence-corrected chi connectivity index (χ2v) is 0.408. The molecule has 0 saturated heterocycles. The third-order valence-corrected chi connectivity index (χ3v) is 0. The Bertz CT molecular complexity index is 13.5. The van der Waals surface area contributed by atoms with Crippen LogP contribution in [0.5, 0.6) is 0 Å². The highest BCUT2D eigenvalue weighted by Gasteiger charge is 1.23. The highest BCUT2D eigenvalue weighted by Crippen LogP contribution is 1.53. The van der Waals surface area contributed by atoms with Gasteiger partial charge in [0.1, 0.15) is 6.03 Å². The number of rotatable bonds is 0. The highest BCUT2D eigenvalue weighted by molar-refractivity contribution is 7.36. The minimum absolute atomic E-state index is 0. The first kappa shape index (κ1) is 8.93. The van der Waals surface area contributed by atoms with E-state index in [0.29, 0.717) is 6.03 Å². The molecule has 4 heavy (non-hydrogen) atoms. The summed E-state index contributed by atoms with van der Waals surface area (Å²) in [6.45, 7) is 0. The molecule has 1 atom stereocenters. The average Bonchev–Trinajstić information content (AvgIpc) is 0.918. The molecular weight excluding hydrogens is 71.0 g/mol. The van der Waals surface area contributed by atoms with Gasteiger partial charge in [-0.25, -0.2) is 0 Å². The monoisotopic (exact) mass is 78.0 g/mol. The molecule has 0 heterocycles. The van der Waals surface area contributed by atoms with Crippen LogP contribution in [0.2, 0.25) is 0 Å². The standard InChI is InChI=1S/CH3OP.CH4/c2-1-3;/h1H,3H2;1H4. The maximum absolute atomic E-state index is 8.77. The summed E-state index contributed by atoms with van der Waals surface area (Å²) >= 11 is 0. The van der Waals surface area contributed by atoms with E-state index in [4.69, 9.17) is 4.79 Å². The lowest BCUT2D eigenvalue weighted by Gasteiger charge is -1.24. The Morgan fingerprint density at radius 1 is 1.75 bits per heavy atom. The summed E-state index contributed by atoms with van der Waals surface area (Å²) in [7, 11) is 1.90. The molecule has 1 nitrogen and oxygen atoms in total. The van der Waals surface area contributed by atoms with E-state index < -0.39 is 0 Å². The molecule has 2 heteroatoms. The van der Waals surface area contributed by atoms with Crippen molar-refractivity contribution in [2.24, 2.45) is 0 Å². The van der Waals surface area contributed by atoms with Crippen LogP contribution < -0.4 is 0 Å². The third kappa shape index (κ3) is 254. The van der Waals surface area contributed by atoms with Crippen LogP contribution in [-0.2, 0) is 4.79 Å². The normalized spacial score (nSPS) is 3.25. The smallest absolute Gasteiger partial charge is 0.135 e. The predicted molar refractivity (Wildman–Crippen MR) is 23.2 cm³/mol. The van der Waals surface area contributed by atoms with Gasteiger partial charge >= 0.3 is 0 Å². The van der Waals surface area contributed by atoms with Crippen LogP contribution in [0.3, 0.4) is 0 Å². The fourth-order valence-corrected chi connectivity index (χ4v) is 0. The summed E-state index contributed by atoms with van der Waals surface area (Å²) < 4.78 is 0. The second-order valence-electron chi connectivity index (χ2n) is 0.136. The van der Waals surface area contributed by atoms with E-state index >= 15 is 0 Å². The van der Waals surface area contributed by atoms with Crippen LogP contribution in [-0.4, -0.2) is 6.03 Å². The van der Waals surface area contributed by atoms with Crippen LogP contribution in [0.15, 0.2) is 0 Å². The average molecular weight is 78.1 g/mol. The van der Waals surface area contributed by atoms with Crippen molar-refractivity contribution in [2.45, 2.75) is 7.43 Å². The first-order chi connectivity index (χ1) is 1.41. The van der Waals surface area contributed by atoms with Crippen molar-refractivity contribution in [1.29, 1.82) is 0 Å². The van der Waals surface area contributed by atoms with Crippen LogP contribution >= 0.6 is 9.24 Å². The van der Waals surface area contributed by atoms with E-state index in [2.05, 4.69) is 0 Å². The minimum Gasteiger partial charge on any atom is -0.299 e. The molecule has 1 unspecified atom stereocenters. The third-order valence-electron chi connectivity index (χ3n) is 0. The Balaban J connectivity index is 0. The summed E-state index contributed by atoms with van der Waals surface area (Å²) in [5.41, 5.74) is 0. The van der Waals surface area contributed by atoms with Gasteiger partial charge in [0.05, 0.1) is 0 Å². The largest absolute Gasteiger partial charge is 0.299 e. The first-order valence-corrected chi connectivity index (χ1v) is 1.24.